The topological polar surface area (TPSA) is 84.6 Å². The maximum absolute atomic E-state index is 11.2. The molecule has 2 atom stereocenters. The van der Waals surface area contributed by atoms with E-state index in [4.69, 9.17) is 0 Å². The van der Waals surface area contributed by atoms with Crippen LogP contribution in [0, 0.1) is 6.92 Å². The number of aryl methyl sites for hydroxylation is 2. The predicted octanol–water partition coefficient (Wildman–Crippen LogP) is -0.314. The minimum atomic E-state index is -1.58. The number of carbonyl (C=O) groups excluding carboxylic acids is 1. The standard InChI is InChI=1S/C10H16N2O4/c1-4-16-10(15)9(14)8(13)7-5-12(3)11-6(7)2/h5,8-9,13-14H,4H2,1-3H3. The highest BCUT2D eigenvalue weighted by Gasteiger charge is 2.29. The van der Waals surface area contributed by atoms with Crippen LogP contribution >= 0.6 is 0 Å². The Kier molecular flexibility index (Phi) is 4.03. The van der Waals surface area contributed by atoms with Gasteiger partial charge in [-0.05, 0) is 13.8 Å². The molecule has 1 aromatic rings. The first-order valence-corrected chi connectivity index (χ1v) is 5.00. The second-order valence-electron chi connectivity index (χ2n) is 3.49. The molecule has 0 aliphatic rings. The van der Waals surface area contributed by atoms with Crippen LogP contribution in [-0.2, 0) is 16.6 Å². The molecule has 2 unspecified atom stereocenters. The molecule has 0 saturated carbocycles. The average molecular weight is 228 g/mol. The van der Waals surface area contributed by atoms with Crippen LogP contribution in [0.15, 0.2) is 6.20 Å². The third-order valence-electron chi connectivity index (χ3n) is 2.20. The highest BCUT2D eigenvalue weighted by molar-refractivity contribution is 5.75. The van der Waals surface area contributed by atoms with E-state index in [1.807, 2.05) is 0 Å². The number of ether oxygens (including phenoxy) is 1. The maximum Gasteiger partial charge on any atom is 0.338 e. The Morgan fingerprint density at radius 3 is 2.69 bits per heavy atom. The van der Waals surface area contributed by atoms with Crippen molar-refractivity contribution in [3.63, 3.8) is 0 Å². The second-order valence-corrected chi connectivity index (χ2v) is 3.49. The van der Waals surface area contributed by atoms with Gasteiger partial charge in [-0.15, -0.1) is 0 Å². The Balaban J connectivity index is 2.81. The SMILES string of the molecule is CCOC(=O)C(O)C(O)c1cn(C)nc1C. The normalized spacial score (nSPS) is 14.6. The molecule has 0 aliphatic carbocycles. The van der Waals surface area contributed by atoms with Crippen molar-refractivity contribution in [2.24, 2.45) is 7.05 Å². The summed E-state index contributed by atoms with van der Waals surface area (Å²) in [7, 11) is 1.69. The summed E-state index contributed by atoms with van der Waals surface area (Å²) >= 11 is 0. The van der Waals surface area contributed by atoms with Crippen LogP contribution in [0.2, 0.25) is 0 Å². The Morgan fingerprint density at radius 2 is 2.25 bits per heavy atom. The first-order valence-electron chi connectivity index (χ1n) is 5.00. The van der Waals surface area contributed by atoms with E-state index in [1.165, 1.54) is 4.68 Å². The van der Waals surface area contributed by atoms with Gasteiger partial charge < -0.3 is 14.9 Å². The van der Waals surface area contributed by atoms with Crippen LogP contribution in [0.4, 0.5) is 0 Å². The zero-order valence-electron chi connectivity index (χ0n) is 9.54. The molecule has 6 nitrogen and oxygen atoms in total. The number of aliphatic hydroxyl groups is 2. The molecule has 0 amide bonds. The van der Waals surface area contributed by atoms with Crippen LogP contribution in [0.25, 0.3) is 0 Å². The van der Waals surface area contributed by atoms with E-state index >= 15 is 0 Å². The highest BCUT2D eigenvalue weighted by atomic mass is 16.5. The summed E-state index contributed by atoms with van der Waals surface area (Å²) in [5.41, 5.74) is 0.987. The van der Waals surface area contributed by atoms with E-state index in [1.54, 1.807) is 27.1 Å². The molecule has 0 bridgehead atoms. The van der Waals surface area contributed by atoms with E-state index in [0.717, 1.165) is 0 Å². The minimum absolute atomic E-state index is 0.161. The quantitative estimate of drug-likeness (QED) is 0.690. The summed E-state index contributed by atoms with van der Waals surface area (Å²) in [6.45, 7) is 3.48. The monoisotopic (exact) mass is 228 g/mol. The molecular formula is C10H16N2O4. The van der Waals surface area contributed by atoms with E-state index in [2.05, 4.69) is 9.84 Å². The molecule has 6 heteroatoms. The Hall–Kier alpha value is -1.40. The third kappa shape index (κ3) is 2.59. The van der Waals surface area contributed by atoms with Crippen molar-refractivity contribution in [2.75, 3.05) is 6.61 Å². The van der Waals surface area contributed by atoms with E-state index < -0.39 is 18.2 Å². The van der Waals surface area contributed by atoms with Gasteiger partial charge in [0.1, 0.15) is 6.10 Å². The first kappa shape index (κ1) is 12.7. The molecule has 90 valence electrons. The third-order valence-corrected chi connectivity index (χ3v) is 2.20. The zero-order valence-corrected chi connectivity index (χ0v) is 9.54. The van der Waals surface area contributed by atoms with Gasteiger partial charge in [0.15, 0.2) is 6.10 Å². The molecule has 0 saturated heterocycles. The van der Waals surface area contributed by atoms with Crippen molar-refractivity contribution in [1.29, 1.82) is 0 Å². The van der Waals surface area contributed by atoms with E-state index in [0.29, 0.717) is 11.3 Å². The molecule has 0 aromatic carbocycles. The van der Waals surface area contributed by atoms with Crippen molar-refractivity contribution in [3.8, 4) is 0 Å². The van der Waals surface area contributed by atoms with Gasteiger partial charge in [-0.2, -0.15) is 5.10 Å². The Morgan fingerprint density at radius 1 is 1.62 bits per heavy atom. The number of nitrogens with zero attached hydrogens (tertiary/aromatic N) is 2. The van der Waals surface area contributed by atoms with Crippen LogP contribution < -0.4 is 0 Å². The number of carbonyl (C=O) groups is 1. The Labute approximate surface area is 93.5 Å². The van der Waals surface area contributed by atoms with Gasteiger partial charge in [-0.3, -0.25) is 4.68 Å². The Bertz CT molecular complexity index is 375. The van der Waals surface area contributed by atoms with E-state index in [-0.39, 0.29) is 6.61 Å². The molecule has 16 heavy (non-hydrogen) atoms. The lowest BCUT2D eigenvalue weighted by atomic mass is 10.1. The highest BCUT2D eigenvalue weighted by Crippen LogP contribution is 2.20. The van der Waals surface area contributed by atoms with Crippen molar-refractivity contribution in [1.82, 2.24) is 9.78 Å². The maximum atomic E-state index is 11.2. The summed E-state index contributed by atoms with van der Waals surface area (Å²) in [5.74, 6) is -0.835. The second kappa shape index (κ2) is 5.09. The largest absolute Gasteiger partial charge is 0.464 e. The van der Waals surface area contributed by atoms with Crippen molar-refractivity contribution in [3.05, 3.63) is 17.5 Å². The van der Waals surface area contributed by atoms with Crippen LogP contribution in [0.3, 0.4) is 0 Å². The lowest BCUT2D eigenvalue weighted by Crippen LogP contribution is -2.30. The fourth-order valence-corrected chi connectivity index (χ4v) is 1.43. The van der Waals surface area contributed by atoms with Crippen molar-refractivity contribution >= 4 is 5.97 Å². The van der Waals surface area contributed by atoms with Crippen LogP contribution in [0.1, 0.15) is 24.3 Å². The fourth-order valence-electron chi connectivity index (χ4n) is 1.43. The number of hydrogen-bond donors (Lipinski definition) is 2. The number of rotatable bonds is 4. The van der Waals surface area contributed by atoms with Gasteiger partial charge >= 0.3 is 5.97 Å². The minimum Gasteiger partial charge on any atom is -0.464 e. The lowest BCUT2D eigenvalue weighted by molar-refractivity contribution is -0.159. The predicted molar refractivity (Wildman–Crippen MR) is 55.5 cm³/mol. The van der Waals surface area contributed by atoms with Gasteiger partial charge in [0, 0.05) is 18.8 Å². The van der Waals surface area contributed by atoms with Gasteiger partial charge in [0.2, 0.25) is 0 Å². The number of aromatic nitrogens is 2. The zero-order chi connectivity index (χ0) is 12.3. The smallest absolute Gasteiger partial charge is 0.338 e. The lowest BCUT2D eigenvalue weighted by Gasteiger charge is -2.15. The summed E-state index contributed by atoms with van der Waals surface area (Å²) < 4.78 is 6.12. The fraction of sp³-hybridized carbons (Fsp3) is 0.600. The molecule has 1 rings (SSSR count). The van der Waals surface area contributed by atoms with Gasteiger partial charge in [0.25, 0.3) is 0 Å². The molecule has 0 aliphatic heterocycles. The molecule has 1 aromatic heterocycles. The number of hydrogen-bond acceptors (Lipinski definition) is 5. The molecule has 1 heterocycles. The molecule has 0 spiro atoms. The summed E-state index contributed by atoms with van der Waals surface area (Å²) in [6.07, 6.45) is -1.33. The summed E-state index contributed by atoms with van der Waals surface area (Å²) in [4.78, 5) is 11.2. The summed E-state index contributed by atoms with van der Waals surface area (Å²) in [6, 6.07) is 0. The molecule has 2 N–H and O–H groups in total. The number of esters is 1. The van der Waals surface area contributed by atoms with Gasteiger partial charge in [-0.1, -0.05) is 0 Å². The van der Waals surface area contributed by atoms with Gasteiger partial charge in [-0.25, -0.2) is 4.79 Å². The van der Waals surface area contributed by atoms with Crippen molar-refractivity contribution in [2.45, 2.75) is 26.1 Å². The molecule has 0 fully saturated rings. The molecular weight excluding hydrogens is 212 g/mol. The summed E-state index contributed by atoms with van der Waals surface area (Å²) in [5, 5.41) is 23.3. The molecule has 0 radical (unpaired) electrons. The van der Waals surface area contributed by atoms with Gasteiger partial charge in [0.05, 0.1) is 12.3 Å². The van der Waals surface area contributed by atoms with Crippen LogP contribution in [-0.4, -0.2) is 38.7 Å². The average Bonchev–Trinajstić information content (AvgIpc) is 2.56. The number of aliphatic hydroxyl groups excluding tert-OH is 2. The van der Waals surface area contributed by atoms with Crippen molar-refractivity contribution < 1.29 is 19.7 Å². The first-order chi connectivity index (χ1) is 7.47. The van der Waals surface area contributed by atoms with E-state index in [9.17, 15) is 15.0 Å². The van der Waals surface area contributed by atoms with Crippen LogP contribution in [0.5, 0.6) is 0 Å².